The van der Waals surface area contributed by atoms with E-state index >= 15 is 0 Å². The van der Waals surface area contributed by atoms with Crippen LogP contribution in [0.1, 0.15) is 43.9 Å². The van der Waals surface area contributed by atoms with E-state index in [2.05, 4.69) is 10.3 Å². The molecular weight excluding hydrogens is 334 g/mol. The fraction of sp³-hybridized carbons (Fsp3) is 0.368. The van der Waals surface area contributed by atoms with Crippen molar-refractivity contribution in [2.24, 2.45) is 0 Å². The first-order valence-electron chi connectivity index (χ1n) is 8.62. The van der Waals surface area contributed by atoms with Crippen molar-refractivity contribution in [2.75, 3.05) is 0 Å². The smallest absolute Gasteiger partial charge is 0.328 e. The van der Waals surface area contributed by atoms with Crippen LogP contribution in [0.2, 0.25) is 0 Å². The summed E-state index contributed by atoms with van der Waals surface area (Å²) in [5.41, 5.74) is 2.45. The molecule has 0 fully saturated rings. The molecule has 0 bridgehead atoms. The van der Waals surface area contributed by atoms with E-state index in [-0.39, 0.29) is 25.1 Å². The van der Waals surface area contributed by atoms with E-state index in [0.29, 0.717) is 17.9 Å². The van der Waals surface area contributed by atoms with Crippen molar-refractivity contribution >= 4 is 17.5 Å². The van der Waals surface area contributed by atoms with Gasteiger partial charge in [-0.1, -0.05) is 35.5 Å². The normalized spacial score (nSPS) is 14.2. The first-order valence-corrected chi connectivity index (χ1v) is 8.62. The number of rotatable bonds is 6. The third-order valence-corrected chi connectivity index (χ3v) is 4.07. The van der Waals surface area contributed by atoms with Crippen molar-refractivity contribution in [3.63, 3.8) is 0 Å². The maximum atomic E-state index is 12.0. The molecule has 0 spiro atoms. The Balaban J connectivity index is 1.62. The summed E-state index contributed by atoms with van der Waals surface area (Å²) < 4.78 is 12.0. The minimum atomic E-state index is -0.386. The van der Waals surface area contributed by atoms with E-state index in [0.717, 1.165) is 30.4 Å². The Hall–Kier alpha value is -2.96. The Morgan fingerprint density at radius 3 is 2.69 bits per heavy atom. The standard InChI is InChI=1S/C19H21N3O4/c1-14(23)26-18-10-6-5-9-16(18)17-11-22(21-20-17)12-19(24)25-13-15-7-3-2-4-8-15/h2-4,7-8,11H,5-6,9-10,12-13H2,1H3. The van der Waals surface area contributed by atoms with Crippen LogP contribution in [0.15, 0.2) is 42.3 Å². The van der Waals surface area contributed by atoms with Crippen LogP contribution in [0.3, 0.4) is 0 Å². The second-order valence-electron chi connectivity index (χ2n) is 6.15. The highest BCUT2D eigenvalue weighted by Crippen LogP contribution is 2.31. The number of carbonyl (C=O) groups is 2. The van der Waals surface area contributed by atoms with Crippen LogP contribution < -0.4 is 0 Å². The van der Waals surface area contributed by atoms with Crippen LogP contribution in [0, 0.1) is 0 Å². The Labute approximate surface area is 151 Å². The minimum absolute atomic E-state index is 0.0178. The molecule has 7 heteroatoms. The van der Waals surface area contributed by atoms with Gasteiger partial charge in [0, 0.05) is 18.9 Å². The molecule has 1 heterocycles. The number of ether oxygens (including phenoxy) is 2. The lowest BCUT2D eigenvalue weighted by Gasteiger charge is -2.17. The molecule has 3 rings (SSSR count). The molecule has 0 unspecified atom stereocenters. The molecule has 7 nitrogen and oxygen atoms in total. The average molecular weight is 355 g/mol. The zero-order chi connectivity index (χ0) is 18.4. The number of allylic oxidation sites excluding steroid dienone is 2. The average Bonchev–Trinajstić information content (AvgIpc) is 3.09. The van der Waals surface area contributed by atoms with E-state index in [1.807, 2.05) is 30.3 Å². The number of nitrogens with zero attached hydrogens (tertiary/aromatic N) is 3. The Morgan fingerprint density at radius 1 is 1.15 bits per heavy atom. The van der Waals surface area contributed by atoms with Crippen LogP contribution in [0.5, 0.6) is 0 Å². The molecule has 0 amide bonds. The quantitative estimate of drug-likeness (QED) is 0.741. The third-order valence-electron chi connectivity index (χ3n) is 4.07. The molecule has 1 aliphatic rings. The summed E-state index contributed by atoms with van der Waals surface area (Å²) in [7, 11) is 0. The van der Waals surface area contributed by atoms with Crippen molar-refractivity contribution in [3.05, 3.63) is 53.5 Å². The summed E-state index contributed by atoms with van der Waals surface area (Å²) in [5.74, 6) is -0.0677. The molecule has 1 aromatic heterocycles. The monoisotopic (exact) mass is 355 g/mol. The summed E-state index contributed by atoms with van der Waals surface area (Å²) in [6.45, 7) is 1.60. The van der Waals surface area contributed by atoms with Gasteiger partial charge in [-0.2, -0.15) is 0 Å². The van der Waals surface area contributed by atoms with Gasteiger partial charge in [0.1, 0.15) is 24.6 Å². The van der Waals surface area contributed by atoms with Crippen LogP contribution >= 0.6 is 0 Å². The van der Waals surface area contributed by atoms with Crippen molar-refractivity contribution in [1.29, 1.82) is 0 Å². The predicted octanol–water partition coefficient (Wildman–Crippen LogP) is 2.87. The zero-order valence-corrected chi connectivity index (χ0v) is 14.7. The lowest BCUT2D eigenvalue weighted by Crippen LogP contribution is -2.14. The first kappa shape index (κ1) is 17.8. The second-order valence-corrected chi connectivity index (χ2v) is 6.15. The minimum Gasteiger partial charge on any atom is -0.459 e. The third kappa shape index (κ3) is 4.78. The Kier molecular flexibility index (Phi) is 5.78. The molecule has 0 N–H and O–H groups in total. The molecule has 1 aromatic carbocycles. The SMILES string of the molecule is CC(=O)OC1=C(c2cn(CC(=O)OCc3ccccc3)nn2)CCCC1. The lowest BCUT2D eigenvalue weighted by atomic mass is 9.96. The van der Waals surface area contributed by atoms with Crippen molar-refractivity contribution in [3.8, 4) is 0 Å². The molecule has 0 saturated heterocycles. The van der Waals surface area contributed by atoms with Gasteiger partial charge in [0.25, 0.3) is 0 Å². The molecular formula is C19H21N3O4. The topological polar surface area (TPSA) is 83.3 Å². The largest absolute Gasteiger partial charge is 0.459 e. The number of hydrogen-bond donors (Lipinski definition) is 0. The molecule has 1 aliphatic carbocycles. The van der Waals surface area contributed by atoms with E-state index < -0.39 is 0 Å². The van der Waals surface area contributed by atoms with E-state index in [4.69, 9.17) is 9.47 Å². The Morgan fingerprint density at radius 2 is 1.92 bits per heavy atom. The molecule has 136 valence electrons. The van der Waals surface area contributed by atoms with Crippen molar-refractivity contribution in [2.45, 2.75) is 45.8 Å². The highest BCUT2D eigenvalue weighted by atomic mass is 16.5. The Bertz CT molecular complexity index is 811. The highest BCUT2D eigenvalue weighted by molar-refractivity contribution is 5.72. The number of benzene rings is 1. The summed E-state index contributed by atoms with van der Waals surface area (Å²) >= 11 is 0. The molecule has 26 heavy (non-hydrogen) atoms. The van der Waals surface area contributed by atoms with Crippen molar-refractivity contribution in [1.82, 2.24) is 15.0 Å². The van der Waals surface area contributed by atoms with Crippen LogP contribution in [0.25, 0.3) is 5.57 Å². The summed E-state index contributed by atoms with van der Waals surface area (Å²) in [4.78, 5) is 23.3. The van der Waals surface area contributed by atoms with Crippen LogP contribution in [0.4, 0.5) is 0 Å². The maximum Gasteiger partial charge on any atom is 0.328 e. The van der Waals surface area contributed by atoms with E-state index in [1.165, 1.54) is 11.6 Å². The highest BCUT2D eigenvalue weighted by Gasteiger charge is 2.20. The fourth-order valence-electron chi connectivity index (χ4n) is 2.86. The molecule has 0 saturated carbocycles. The second kappa shape index (κ2) is 8.42. The number of hydrogen-bond acceptors (Lipinski definition) is 6. The predicted molar refractivity (Wildman–Crippen MR) is 93.4 cm³/mol. The first-order chi connectivity index (χ1) is 12.6. The lowest BCUT2D eigenvalue weighted by molar-refractivity contribution is -0.146. The van der Waals surface area contributed by atoms with Gasteiger partial charge in [-0.15, -0.1) is 5.10 Å². The van der Waals surface area contributed by atoms with Gasteiger partial charge in [-0.3, -0.25) is 9.59 Å². The summed E-state index contributed by atoms with van der Waals surface area (Å²) in [6.07, 6.45) is 5.16. The molecule has 2 aromatic rings. The van der Waals surface area contributed by atoms with Gasteiger partial charge in [-0.25, -0.2) is 4.68 Å². The molecule has 0 aliphatic heterocycles. The number of carbonyl (C=O) groups excluding carboxylic acids is 2. The van der Waals surface area contributed by atoms with Gasteiger partial charge >= 0.3 is 11.9 Å². The zero-order valence-electron chi connectivity index (χ0n) is 14.7. The van der Waals surface area contributed by atoms with Gasteiger partial charge < -0.3 is 9.47 Å². The van der Waals surface area contributed by atoms with Gasteiger partial charge in [-0.05, 0) is 24.8 Å². The van der Waals surface area contributed by atoms with Gasteiger partial charge in [0.05, 0.1) is 6.20 Å². The fourth-order valence-corrected chi connectivity index (χ4v) is 2.86. The van der Waals surface area contributed by atoms with E-state index in [1.54, 1.807) is 6.20 Å². The van der Waals surface area contributed by atoms with Crippen LogP contribution in [-0.2, 0) is 32.2 Å². The maximum absolute atomic E-state index is 12.0. The van der Waals surface area contributed by atoms with Crippen molar-refractivity contribution < 1.29 is 19.1 Å². The summed E-state index contributed by atoms with van der Waals surface area (Å²) in [6, 6.07) is 9.49. The molecule has 0 atom stereocenters. The van der Waals surface area contributed by atoms with Gasteiger partial charge in [0.15, 0.2) is 0 Å². The van der Waals surface area contributed by atoms with Crippen LogP contribution in [-0.4, -0.2) is 26.9 Å². The van der Waals surface area contributed by atoms with E-state index in [9.17, 15) is 9.59 Å². The summed E-state index contributed by atoms with van der Waals surface area (Å²) in [5, 5.41) is 8.12. The number of aromatic nitrogens is 3. The number of esters is 2. The van der Waals surface area contributed by atoms with Gasteiger partial charge in [0.2, 0.25) is 0 Å². The molecule has 0 radical (unpaired) electrons.